The Hall–Kier alpha value is -3.86. The van der Waals surface area contributed by atoms with Crippen LogP contribution in [0.5, 0.6) is 11.5 Å². The van der Waals surface area contributed by atoms with Crippen LogP contribution in [0.2, 0.25) is 0 Å². The number of ether oxygens (including phenoxy) is 1. The van der Waals surface area contributed by atoms with Crippen LogP contribution in [0.25, 0.3) is 6.08 Å². The fraction of sp³-hybridized carbons (Fsp3) is 0.120. The summed E-state index contributed by atoms with van der Waals surface area (Å²) in [5.74, 6) is 0.429. The molecule has 1 atom stereocenters. The molecule has 30 heavy (non-hydrogen) atoms. The van der Waals surface area contributed by atoms with Crippen molar-refractivity contribution in [3.05, 3.63) is 102 Å². The van der Waals surface area contributed by atoms with Gasteiger partial charge in [-0.25, -0.2) is 5.01 Å². The molecule has 3 aromatic rings. The monoisotopic (exact) mass is 398 g/mol. The Labute approximate surface area is 175 Å². The van der Waals surface area contributed by atoms with E-state index in [2.05, 4.69) is 5.10 Å². The van der Waals surface area contributed by atoms with Crippen LogP contribution in [-0.2, 0) is 4.79 Å². The third-order valence-corrected chi connectivity index (χ3v) is 5.05. The first-order chi connectivity index (χ1) is 14.7. The number of carbonyl (C=O) groups is 1. The molecule has 0 saturated heterocycles. The van der Waals surface area contributed by atoms with Crippen LogP contribution in [0.3, 0.4) is 0 Å². The molecule has 5 nitrogen and oxygen atoms in total. The molecule has 0 saturated carbocycles. The number of hydrogen-bond donors (Lipinski definition) is 1. The van der Waals surface area contributed by atoms with Crippen molar-refractivity contribution >= 4 is 17.7 Å². The van der Waals surface area contributed by atoms with Crippen molar-refractivity contribution in [1.29, 1.82) is 0 Å². The van der Waals surface area contributed by atoms with E-state index < -0.39 is 0 Å². The lowest BCUT2D eigenvalue weighted by Gasteiger charge is -2.20. The number of rotatable bonds is 5. The summed E-state index contributed by atoms with van der Waals surface area (Å²) < 4.78 is 5.16. The molecule has 3 aromatic carbocycles. The summed E-state index contributed by atoms with van der Waals surface area (Å²) in [6.45, 7) is 0. The average Bonchev–Trinajstić information content (AvgIpc) is 3.24. The van der Waals surface area contributed by atoms with Crippen molar-refractivity contribution in [3.8, 4) is 11.5 Å². The Kier molecular flexibility index (Phi) is 5.61. The Balaban J connectivity index is 1.66. The maximum Gasteiger partial charge on any atom is 0.267 e. The van der Waals surface area contributed by atoms with Gasteiger partial charge in [0, 0.05) is 24.1 Å². The zero-order valence-corrected chi connectivity index (χ0v) is 16.6. The molecule has 0 spiro atoms. The summed E-state index contributed by atoms with van der Waals surface area (Å²) in [7, 11) is 1.55. The smallest absolute Gasteiger partial charge is 0.267 e. The Morgan fingerprint density at radius 1 is 1.07 bits per heavy atom. The quantitative estimate of drug-likeness (QED) is 0.629. The number of aromatic hydroxyl groups is 1. The van der Waals surface area contributed by atoms with Crippen molar-refractivity contribution in [1.82, 2.24) is 5.01 Å². The molecule has 0 aliphatic carbocycles. The van der Waals surface area contributed by atoms with Gasteiger partial charge in [-0.3, -0.25) is 4.79 Å². The number of phenols is 1. The Morgan fingerprint density at radius 2 is 1.77 bits per heavy atom. The van der Waals surface area contributed by atoms with Gasteiger partial charge in [0.05, 0.1) is 18.9 Å². The second kappa shape index (κ2) is 8.66. The minimum atomic E-state index is -0.240. The third kappa shape index (κ3) is 4.10. The van der Waals surface area contributed by atoms with Crippen molar-refractivity contribution < 1.29 is 14.6 Å². The maximum absolute atomic E-state index is 13.0. The van der Waals surface area contributed by atoms with E-state index in [9.17, 15) is 9.90 Å². The molecule has 0 unspecified atom stereocenters. The van der Waals surface area contributed by atoms with E-state index in [-0.39, 0.29) is 17.7 Å². The fourth-order valence-electron chi connectivity index (χ4n) is 3.50. The van der Waals surface area contributed by atoms with Crippen LogP contribution < -0.4 is 4.74 Å². The van der Waals surface area contributed by atoms with E-state index in [4.69, 9.17) is 4.74 Å². The van der Waals surface area contributed by atoms with Crippen molar-refractivity contribution in [2.24, 2.45) is 5.10 Å². The van der Waals surface area contributed by atoms with Gasteiger partial charge < -0.3 is 9.84 Å². The van der Waals surface area contributed by atoms with Crippen LogP contribution in [0.1, 0.15) is 29.2 Å². The number of carbonyl (C=O) groups excluding carboxylic acids is 1. The van der Waals surface area contributed by atoms with E-state index in [0.717, 1.165) is 11.1 Å². The number of nitrogens with zero attached hydrogens (tertiary/aromatic N) is 2. The summed E-state index contributed by atoms with van der Waals surface area (Å²) in [6.07, 6.45) is 3.82. The van der Waals surface area contributed by atoms with Crippen molar-refractivity contribution in [2.45, 2.75) is 12.5 Å². The molecule has 1 N–H and O–H groups in total. The molecule has 1 amide bonds. The minimum Gasteiger partial charge on any atom is -0.507 e. The molecular formula is C25H22N2O3. The molecule has 1 aliphatic rings. The molecular weight excluding hydrogens is 376 g/mol. The minimum absolute atomic E-state index is 0.0778. The van der Waals surface area contributed by atoms with Crippen molar-refractivity contribution in [2.75, 3.05) is 7.11 Å². The highest BCUT2D eigenvalue weighted by Gasteiger charge is 2.33. The van der Waals surface area contributed by atoms with Gasteiger partial charge in [-0.05, 0) is 29.3 Å². The van der Waals surface area contributed by atoms with Gasteiger partial charge in [0.2, 0.25) is 0 Å². The summed E-state index contributed by atoms with van der Waals surface area (Å²) in [5, 5.41) is 16.5. The first-order valence-electron chi connectivity index (χ1n) is 9.72. The molecule has 1 aliphatic heterocycles. The lowest BCUT2D eigenvalue weighted by Crippen LogP contribution is -2.25. The van der Waals surface area contributed by atoms with Gasteiger partial charge in [-0.2, -0.15) is 5.10 Å². The SMILES string of the molecule is COc1ccc(C2=NN(C(=O)/C=C/c3ccccc3)[C@H](c3ccccc3)C2)c(O)c1. The van der Waals surface area contributed by atoms with E-state index in [1.165, 1.54) is 11.1 Å². The van der Waals surface area contributed by atoms with Crippen LogP contribution in [0.4, 0.5) is 0 Å². The second-order valence-corrected chi connectivity index (χ2v) is 6.99. The summed E-state index contributed by atoms with van der Waals surface area (Å²) in [5.41, 5.74) is 3.19. The zero-order chi connectivity index (χ0) is 20.9. The molecule has 4 rings (SSSR count). The molecule has 5 heteroatoms. The van der Waals surface area contributed by atoms with Crippen LogP contribution in [0.15, 0.2) is 90.0 Å². The van der Waals surface area contributed by atoms with Crippen LogP contribution in [0, 0.1) is 0 Å². The molecule has 0 radical (unpaired) electrons. The number of methoxy groups -OCH3 is 1. The highest BCUT2D eigenvalue weighted by molar-refractivity contribution is 6.06. The standard InChI is InChI=1S/C25H22N2O3/c1-30-20-13-14-21(24(28)16-20)22-17-23(19-10-6-3-7-11-19)27(26-22)25(29)15-12-18-8-4-2-5-9-18/h2-16,23,28H,17H2,1H3/b15-12+/t23-/m0/s1. The Bertz CT molecular complexity index is 1090. The number of benzene rings is 3. The molecule has 0 bridgehead atoms. The van der Waals surface area contributed by atoms with Gasteiger partial charge in [-0.1, -0.05) is 60.7 Å². The third-order valence-electron chi connectivity index (χ3n) is 5.05. The van der Waals surface area contributed by atoms with Crippen LogP contribution in [-0.4, -0.2) is 28.8 Å². The van der Waals surface area contributed by atoms with Gasteiger partial charge in [0.15, 0.2) is 0 Å². The molecule has 150 valence electrons. The highest BCUT2D eigenvalue weighted by atomic mass is 16.5. The van der Waals surface area contributed by atoms with Gasteiger partial charge in [0.1, 0.15) is 11.5 Å². The van der Waals surface area contributed by atoms with Crippen molar-refractivity contribution in [3.63, 3.8) is 0 Å². The predicted molar refractivity (Wildman–Crippen MR) is 117 cm³/mol. The Morgan fingerprint density at radius 3 is 2.43 bits per heavy atom. The van der Waals surface area contributed by atoms with Crippen LogP contribution >= 0.6 is 0 Å². The number of amides is 1. The normalized spacial score (nSPS) is 16.0. The number of phenolic OH excluding ortho intramolecular Hbond substituents is 1. The molecule has 0 fully saturated rings. The molecule has 0 aromatic heterocycles. The average molecular weight is 398 g/mol. The van der Waals surface area contributed by atoms with Gasteiger partial charge in [0.25, 0.3) is 5.91 Å². The molecule has 1 heterocycles. The lowest BCUT2D eigenvalue weighted by molar-refractivity contribution is -0.127. The maximum atomic E-state index is 13.0. The largest absolute Gasteiger partial charge is 0.507 e. The fourth-order valence-corrected chi connectivity index (χ4v) is 3.50. The number of hydrazone groups is 1. The van der Waals surface area contributed by atoms with E-state index >= 15 is 0 Å². The topological polar surface area (TPSA) is 62.1 Å². The van der Waals surface area contributed by atoms with E-state index in [1.54, 1.807) is 31.4 Å². The zero-order valence-electron chi connectivity index (χ0n) is 16.6. The van der Waals surface area contributed by atoms with Gasteiger partial charge in [-0.15, -0.1) is 0 Å². The highest BCUT2D eigenvalue weighted by Crippen LogP contribution is 2.35. The summed E-state index contributed by atoms with van der Waals surface area (Å²) in [6, 6.07) is 24.3. The first-order valence-corrected chi connectivity index (χ1v) is 9.72. The summed E-state index contributed by atoms with van der Waals surface area (Å²) >= 11 is 0. The van der Waals surface area contributed by atoms with Gasteiger partial charge >= 0.3 is 0 Å². The number of hydrogen-bond acceptors (Lipinski definition) is 4. The summed E-state index contributed by atoms with van der Waals surface area (Å²) in [4.78, 5) is 13.0. The first kappa shape index (κ1) is 19.5. The lowest BCUT2D eigenvalue weighted by atomic mass is 9.98. The van der Waals surface area contributed by atoms with E-state index in [1.807, 2.05) is 60.7 Å². The predicted octanol–water partition coefficient (Wildman–Crippen LogP) is 4.79. The van der Waals surface area contributed by atoms with E-state index in [0.29, 0.717) is 23.4 Å². The second-order valence-electron chi connectivity index (χ2n) is 6.99.